The maximum atomic E-state index is 13.3. The SMILES string of the molecule is Cc1ccc(-c2csc3ncn(CC(=O)N4CCN(c5ccc([N+](=O)[O-])cc5)CC4)c(=O)c23)cc1. The van der Waals surface area contributed by atoms with Gasteiger partial charge in [0.1, 0.15) is 11.4 Å². The van der Waals surface area contributed by atoms with E-state index >= 15 is 0 Å². The number of fused-ring (bicyclic) bond motifs is 1. The normalized spacial score (nSPS) is 13.9. The van der Waals surface area contributed by atoms with Gasteiger partial charge in [-0.2, -0.15) is 0 Å². The first-order valence-corrected chi connectivity index (χ1v) is 12.1. The Morgan fingerprint density at radius 2 is 1.74 bits per heavy atom. The number of aryl methyl sites for hydroxylation is 1. The van der Waals surface area contributed by atoms with E-state index in [0.29, 0.717) is 36.4 Å². The van der Waals surface area contributed by atoms with Gasteiger partial charge >= 0.3 is 0 Å². The standard InChI is InChI=1S/C25H23N5O4S/c1-17-2-4-18(5-3-17)21-15-35-24-23(21)25(32)29(16-26-24)14-22(31)28-12-10-27(11-13-28)19-6-8-20(9-7-19)30(33)34/h2-9,15-16H,10-14H2,1H3. The molecule has 2 aromatic carbocycles. The number of nitrogens with zero attached hydrogens (tertiary/aromatic N) is 5. The molecule has 0 bridgehead atoms. The molecule has 0 N–H and O–H groups in total. The number of non-ortho nitro benzene ring substituents is 1. The lowest BCUT2D eigenvalue weighted by Crippen LogP contribution is -2.50. The van der Waals surface area contributed by atoms with Gasteiger partial charge in [0.25, 0.3) is 11.2 Å². The number of benzene rings is 2. The third-order valence-electron chi connectivity index (χ3n) is 6.29. The van der Waals surface area contributed by atoms with Crippen LogP contribution in [0.3, 0.4) is 0 Å². The number of carbonyl (C=O) groups is 1. The van der Waals surface area contributed by atoms with Crippen LogP contribution in [0.4, 0.5) is 11.4 Å². The molecule has 5 rings (SSSR count). The first-order chi connectivity index (χ1) is 16.9. The summed E-state index contributed by atoms with van der Waals surface area (Å²) in [5, 5.41) is 13.3. The Hall–Kier alpha value is -4.05. The van der Waals surface area contributed by atoms with Crippen molar-refractivity contribution in [3.8, 4) is 11.1 Å². The monoisotopic (exact) mass is 489 g/mol. The highest BCUT2D eigenvalue weighted by atomic mass is 32.1. The predicted octanol–water partition coefficient (Wildman–Crippen LogP) is 3.69. The van der Waals surface area contributed by atoms with E-state index in [9.17, 15) is 19.7 Å². The third kappa shape index (κ3) is 4.52. The van der Waals surface area contributed by atoms with Crippen molar-refractivity contribution in [3.05, 3.63) is 86.3 Å². The van der Waals surface area contributed by atoms with Crippen molar-refractivity contribution < 1.29 is 9.72 Å². The van der Waals surface area contributed by atoms with E-state index in [1.807, 2.05) is 36.6 Å². The zero-order valence-corrected chi connectivity index (χ0v) is 19.9. The van der Waals surface area contributed by atoms with Gasteiger partial charge in [-0.05, 0) is 24.6 Å². The van der Waals surface area contributed by atoms with Gasteiger partial charge in [-0.25, -0.2) is 4.98 Å². The fourth-order valence-corrected chi connectivity index (χ4v) is 5.18. The molecule has 1 aliphatic heterocycles. The van der Waals surface area contributed by atoms with Gasteiger partial charge in [-0.15, -0.1) is 11.3 Å². The quantitative estimate of drug-likeness (QED) is 0.313. The van der Waals surface area contributed by atoms with Gasteiger partial charge in [-0.1, -0.05) is 29.8 Å². The number of nitro groups is 1. The number of thiophene rings is 1. The molecule has 178 valence electrons. The summed E-state index contributed by atoms with van der Waals surface area (Å²) in [5.74, 6) is -0.135. The number of hydrogen-bond acceptors (Lipinski definition) is 7. The Labute approximate surface area is 205 Å². The summed E-state index contributed by atoms with van der Waals surface area (Å²) in [6.07, 6.45) is 1.45. The molecule has 9 nitrogen and oxygen atoms in total. The Morgan fingerprint density at radius 3 is 2.40 bits per heavy atom. The number of nitro benzene ring substituents is 1. The Kier molecular flexibility index (Phi) is 6.04. The minimum Gasteiger partial charge on any atom is -0.368 e. The summed E-state index contributed by atoms with van der Waals surface area (Å²) < 4.78 is 1.39. The van der Waals surface area contributed by atoms with Crippen molar-refractivity contribution in [3.63, 3.8) is 0 Å². The summed E-state index contributed by atoms with van der Waals surface area (Å²) >= 11 is 1.42. The molecule has 3 heterocycles. The Morgan fingerprint density at radius 1 is 1.06 bits per heavy atom. The predicted molar refractivity (Wildman–Crippen MR) is 136 cm³/mol. The first kappa shape index (κ1) is 22.7. The summed E-state index contributed by atoms with van der Waals surface area (Å²) in [6, 6.07) is 14.4. The van der Waals surface area contributed by atoms with Crippen molar-refractivity contribution >= 4 is 38.8 Å². The fourth-order valence-electron chi connectivity index (χ4n) is 4.27. The molecule has 2 aromatic heterocycles. The molecule has 1 saturated heterocycles. The van der Waals surface area contributed by atoms with Crippen molar-refractivity contribution in [2.24, 2.45) is 0 Å². The number of amides is 1. The molecule has 0 radical (unpaired) electrons. The second-order valence-electron chi connectivity index (χ2n) is 8.51. The zero-order valence-electron chi connectivity index (χ0n) is 19.1. The molecule has 0 atom stereocenters. The smallest absolute Gasteiger partial charge is 0.269 e. The maximum absolute atomic E-state index is 13.3. The molecule has 0 unspecified atom stereocenters. The van der Waals surface area contributed by atoms with E-state index in [1.54, 1.807) is 17.0 Å². The molecule has 35 heavy (non-hydrogen) atoms. The van der Waals surface area contributed by atoms with E-state index in [4.69, 9.17) is 0 Å². The van der Waals surface area contributed by atoms with Gasteiger partial charge in [0.05, 0.1) is 16.6 Å². The van der Waals surface area contributed by atoms with Crippen LogP contribution >= 0.6 is 11.3 Å². The lowest BCUT2D eigenvalue weighted by atomic mass is 10.1. The highest BCUT2D eigenvalue weighted by Gasteiger charge is 2.23. The minimum atomic E-state index is -0.422. The minimum absolute atomic E-state index is 0.0507. The second kappa shape index (κ2) is 9.30. The van der Waals surface area contributed by atoms with E-state index in [0.717, 1.165) is 22.4 Å². The molecule has 0 saturated carbocycles. The van der Waals surface area contributed by atoms with Gasteiger partial charge in [0.15, 0.2) is 0 Å². The van der Waals surface area contributed by atoms with Crippen LogP contribution in [0.15, 0.2) is 65.0 Å². The number of hydrogen-bond donors (Lipinski definition) is 0. The fraction of sp³-hybridized carbons (Fsp3) is 0.240. The average molecular weight is 490 g/mol. The molecular weight excluding hydrogens is 466 g/mol. The van der Waals surface area contributed by atoms with E-state index in [1.165, 1.54) is 34.4 Å². The zero-order chi connectivity index (χ0) is 24.5. The number of anilines is 1. The van der Waals surface area contributed by atoms with Crippen LogP contribution in [0.5, 0.6) is 0 Å². The van der Waals surface area contributed by atoms with E-state index < -0.39 is 4.92 Å². The topological polar surface area (TPSA) is 102 Å². The van der Waals surface area contributed by atoms with Gasteiger partial charge in [-0.3, -0.25) is 24.3 Å². The molecule has 0 spiro atoms. The highest BCUT2D eigenvalue weighted by molar-refractivity contribution is 7.17. The largest absolute Gasteiger partial charge is 0.368 e. The number of carbonyl (C=O) groups excluding carboxylic acids is 1. The van der Waals surface area contributed by atoms with E-state index in [2.05, 4.69) is 9.88 Å². The number of rotatable bonds is 5. The van der Waals surface area contributed by atoms with Crippen LogP contribution in [-0.4, -0.2) is 51.5 Å². The van der Waals surface area contributed by atoms with Crippen LogP contribution in [-0.2, 0) is 11.3 Å². The third-order valence-corrected chi connectivity index (χ3v) is 7.17. The van der Waals surface area contributed by atoms with Crippen LogP contribution in [0.1, 0.15) is 5.56 Å². The summed E-state index contributed by atoms with van der Waals surface area (Å²) in [4.78, 5) is 45.6. The average Bonchev–Trinajstić information content (AvgIpc) is 3.31. The lowest BCUT2D eigenvalue weighted by Gasteiger charge is -2.36. The van der Waals surface area contributed by atoms with Crippen molar-refractivity contribution in [1.82, 2.24) is 14.5 Å². The summed E-state index contributed by atoms with van der Waals surface area (Å²) in [7, 11) is 0. The van der Waals surface area contributed by atoms with Gasteiger partial charge in [0.2, 0.25) is 5.91 Å². The van der Waals surface area contributed by atoms with Crippen molar-refractivity contribution in [2.45, 2.75) is 13.5 Å². The van der Waals surface area contributed by atoms with Gasteiger partial charge in [0, 0.05) is 54.9 Å². The molecule has 1 aliphatic rings. The lowest BCUT2D eigenvalue weighted by molar-refractivity contribution is -0.384. The highest BCUT2D eigenvalue weighted by Crippen LogP contribution is 2.30. The summed E-state index contributed by atoms with van der Waals surface area (Å²) in [6.45, 7) is 4.18. The first-order valence-electron chi connectivity index (χ1n) is 11.2. The van der Waals surface area contributed by atoms with Gasteiger partial charge < -0.3 is 9.80 Å². The van der Waals surface area contributed by atoms with Crippen molar-refractivity contribution in [2.75, 3.05) is 31.1 Å². The molecular formula is C25H23N5O4S. The number of aromatic nitrogens is 2. The second-order valence-corrected chi connectivity index (χ2v) is 9.37. The Balaban J connectivity index is 1.29. The summed E-state index contributed by atoms with van der Waals surface area (Å²) in [5.41, 5.74) is 3.64. The van der Waals surface area contributed by atoms with E-state index in [-0.39, 0.29) is 23.7 Å². The molecule has 10 heteroatoms. The number of piperazine rings is 1. The van der Waals surface area contributed by atoms with Crippen LogP contribution in [0, 0.1) is 17.0 Å². The molecule has 0 aliphatic carbocycles. The van der Waals surface area contributed by atoms with Crippen LogP contribution in [0.2, 0.25) is 0 Å². The molecule has 1 fully saturated rings. The maximum Gasteiger partial charge on any atom is 0.269 e. The molecule has 1 amide bonds. The Bertz CT molecular complexity index is 1450. The van der Waals surface area contributed by atoms with Crippen LogP contribution < -0.4 is 10.5 Å². The van der Waals surface area contributed by atoms with Crippen molar-refractivity contribution in [1.29, 1.82) is 0 Å². The van der Waals surface area contributed by atoms with Crippen LogP contribution in [0.25, 0.3) is 21.3 Å². The molecule has 4 aromatic rings.